The number of halogens is 1. The Bertz CT molecular complexity index is 409. The second-order valence-electron chi connectivity index (χ2n) is 4.55. The topological polar surface area (TPSA) is 78.8 Å². The van der Waals surface area contributed by atoms with E-state index in [4.69, 9.17) is 4.74 Å². The summed E-state index contributed by atoms with van der Waals surface area (Å²) in [5, 5.41) is 21.0. The van der Waals surface area contributed by atoms with Gasteiger partial charge in [-0.15, -0.1) is 0 Å². The lowest BCUT2D eigenvalue weighted by molar-refractivity contribution is -0.125. The van der Waals surface area contributed by atoms with Crippen LogP contribution in [-0.2, 0) is 4.79 Å². The van der Waals surface area contributed by atoms with Gasteiger partial charge in [0.05, 0.1) is 31.8 Å². The first-order valence-corrected chi connectivity index (χ1v) is 6.46. The van der Waals surface area contributed by atoms with Crippen LogP contribution in [0.5, 0.6) is 5.75 Å². The molecule has 0 atom stereocenters. The van der Waals surface area contributed by atoms with Crippen molar-refractivity contribution in [2.45, 2.75) is 25.3 Å². The van der Waals surface area contributed by atoms with Gasteiger partial charge in [0, 0.05) is 0 Å². The average molecular weight is 285 g/mol. The number of nitrogens with one attached hydrogen (secondary N) is 1. The number of hydrogen-bond acceptors (Lipinski definition) is 4. The molecule has 0 unspecified atom stereocenters. The van der Waals surface area contributed by atoms with Crippen molar-refractivity contribution in [3.63, 3.8) is 0 Å². The smallest absolute Gasteiger partial charge is 0.224 e. The van der Waals surface area contributed by atoms with Gasteiger partial charge in [-0.05, 0) is 30.7 Å². The summed E-state index contributed by atoms with van der Waals surface area (Å²) in [6.45, 7) is 1.24. The molecule has 0 saturated carbocycles. The first-order chi connectivity index (χ1) is 9.55. The van der Waals surface area contributed by atoms with Crippen molar-refractivity contribution < 1.29 is 24.1 Å². The molecule has 0 aliphatic heterocycles. The van der Waals surface area contributed by atoms with Crippen LogP contribution in [0.4, 0.5) is 4.39 Å². The molecule has 5 nitrogen and oxygen atoms in total. The van der Waals surface area contributed by atoms with E-state index in [0.29, 0.717) is 12.2 Å². The summed E-state index contributed by atoms with van der Waals surface area (Å²) in [5.41, 5.74) is -0.993. The minimum Gasteiger partial charge on any atom is -0.493 e. The van der Waals surface area contributed by atoms with Crippen LogP contribution >= 0.6 is 0 Å². The van der Waals surface area contributed by atoms with E-state index in [-0.39, 0.29) is 38.0 Å². The number of carbonyl (C=O) groups excluding carboxylic acids is 1. The van der Waals surface area contributed by atoms with Crippen LogP contribution in [0, 0.1) is 5.82 Å². The third kappa shape index (κ3) is 4.79. The molecule has 0 radical (unpaired) electrons. The molecule has 0 spiro atoms. The predicted octanol–water partition coefficient (Wildman–Crippen LogP) is 0.844. The first kappa shape index (κ1) is 16.4. The molecule has 0 heterocycles. The fraction of sp³-hybridized carbons (Fsp3) is 0.500. The lowest BCUT2D eigenvalue weighted by Gasteiger charge is -2.29. The van der Waals surface area contributed by atoms with Gasteiger partial charge in [-0.1, -0.05) is 6.92 Å². The molecule has 1 rings (SSSR count). The number of aliphatic hydroxyl groups is 2. The minimum absolute atomic E-state index is 0.0825. The summed E-state index contributed by atoms with van der Waals surface area (Å²) in [6.07, 6.45) is 0.504. The van der Waals surface area contributed by atoms with E-state index >= 15 is 0 Å². The summed E-state index contributed by atoms with van der Waals surface area (Å²) in [7, 11) is 0. The van der Waals surface area contributed by atoms with Crippen molar-refractivity contribution in [1.82, 2.24) is 5.32 Å². The Morgan fingerprint density at radius 1 is 1.30 bits per heavy atom. The zero-order chi connectivity index (χ0) is 15.0. The van der Waals surface area contributed by atoms with Gasteiger partial charge >= 0.3 is 0 Å². The van der Waals surface area contributed by atoms with E-state index in [1.165, 1.54) is 24.3 Å². The van der Waals surface area contributed by atoms with E-state index in [0.717, 1.165) is 0 Å². The monoisotopic (exact) mass is 285 g/mol. The van der Waals surface area contributed by atoms with Crippen molar-refractivity contribution in [3.05, 3.63) is 30.1 Å². The molecule has 0 aliphatic rings. The normalized spacial score (nSPS) is 11.2. The van der Waals surface area contributed by atoms with Crippen LogP contribution in [0.15, 0.2) is 24.3 Å². The Labute approximate surface area is 117 Å². The van der Waals surface area contributed by atoms with Crippen molar-refractivity contribution >= 4 is 5.91 Å². The zero-order valence-corrected chi connectivity index (χ0v) is 11.4. The number of carbonyl (C=O) groups is 1. The van der Waals surface area contributed by atoms with Gasteiger partial charge in [-0.2, -0.15) is 0 Å². The molecule has 112 valence electrons. The van der Waals surface area contributed by atoms with Crippen LogP contribution in [0.2, 0.25) is 0 Å². The van der Waals surface area contributed by atoms with Gasteiger partial charge in [0.1, 0.15) is 11.6 Å². The second kappa shape index (κ2) is 7.81. The maximum absolute atomic E-state index is 12.7. The van der Waals surface area contributed by atoms with Crippen molar-refractivity contribution in [2.24, 2.45) is 0 Å². The third-order valence-corrected chi connectivity index (χ3v) is 3.10. The lowest BCUT2D eigenvalue weighted by atomic mass is 9.98. The van der Waals surface area contributed by atoms with E-state index in [9.17, 15) is 19.4 Å². The molecule has 0 fully saturated rings. The Kier molecular flexibility index (Phi) is 6.41. The van der Waals surface area contributed by atoms with Gasteiger partial charge in [0.2, 0.25) is 5.91 Å². The summed E-state index contributed by atoms with van der Waals surface area (Å²) < 4.78 is 18.0. The fourth-order valence-corrected chi connectivity index (χ4v) is 1.59. The highest BCUT2D eigenvalue weighted by molar-refractivity contribution is 5.77. The third-order valence-electron chi connectivity index (χ3n) is 3.10. The van der Waals surface area contributed by atoms with Crippen LogP contribution in [0.1, 0.15) is 19.8 Å². The standard InChI is InChI=1S/C14H20FNO4/c1-2-14(9-17,10-18)16-13(19)7-8-20-12-5-3-11(15)4-6-12/h3-6,17-18H,2,7-10H2,1H3,(H,16,19). The largest absolute Gasteiger partial charge is 0.493 e. The summed E-state index contributed by atoms with van der Waals surface area (Å²) >= 11 is 0. The summed E-state index contributed by atoms with van der Waals surface area (Å²) in [6, 6.07) is 5.50. The SMILES string of the molecule is CCC(CO)(CO)NC(=O)CCOc1ccc(F)cc1. The van der Waals surface area contributed by atoms with Gasteiger partial charge < -0.3 is 20.3 Å². The molecule has 0 bridgehead atoms. The predicted molar refractivity (Wildman–Crippen MR) is 71.8 cm³/mol. The number of amides is 1. The van der Waals surface area contributed by atoms with E-state index in [1.807, 2.05) is 0 Å². The highest BCUT2D eigenvalue weighted by Crippen LogP contribution is 2.12. The van der Waals surface area contributed by atoms with Gasteiger partial charge in [0.25, 0.3) is 0 Å². The zero-order valence-electron chi connectivity index (χ0n) is 11.4. The minimum atomic E-state index is -0.993. The molecular weight excluding hydrogens is 265 g/mol. The molecule has 1 aromatic rings. The van der Waals surface area contributed by atoms with E-state index < -0.39 is 5.54 Å². The van der Waals surface area contributed by atoms with Gasteiger partial charge in [-0.25, -0.2) is 4.39 Å². The molecular formula is C14H20FNO4. The number of aliphatic hydroxyl groups excluding tert-OH is 2. The van der Waals surface area contributed by atoms with Crippen LogP contribution in [0.3, 0.4) is 0 Å². The Morgan fingerprint density at radius 2 is 1.90 bits per heavy atom. The van der Waals surface area contributed by atoms with E-state index in [2.05, 4.69) is 5.32 Å². The maximum atomic E-state index is 12.7. The average Bonchev–Trinajstić information content (AvgIpc) is 2.47. The number of benzene rings is 1. The molecule has 1 amide bonds. The quantitative estimate of drug-likeness (QED) is 0.661. The van der Waals surface area contributed by atoms with Crippen molar-refractivity contribution in [2.75, 3.05) is 19.8 Å². The van der Waals surface area contributed by atoms with Crippen molar-refractivity contribution in [1.29, 1.82) is 0 Å². The fourth-order valence-electron chi connectivity index (χ4n) is 1.59. The van der Waals surface area contributed by atoms with Crippen LogP contribution in [-0.4, -0.2) is 41.5 Å². The van der Waals surface area contributed by atoms with Crippen LogP contribution in [0.25, 0.3) is 0 Å². The number of rotatable bonds is 8. The van der Waals surface area contributed by atoms with E-state index in [1.54, 1.807) is 6.92 Å². The summed E-state index contributed by atoms with van der Waals surface area (Å²) in [4.78, 5) is 11.7. The Balaban J connectivity index is 2.38. The second-order valence-corrected chi connectivity index (χ2v) is 4.55. The van der Waals surface area contributed by atoms with Crippen LogP contribution < -0.4 is 10.1 Å². The highest BCUT2D eigenvalue weighted by Gasteiger charge is 2.28. The molecule has 0 aromatic heterocycles. The Hall–Kier alpha value is -1.66. The Morgan fingerprint density at radius 3 is 2.40 bits per heavy atom. The summed E-state index contributed by atoms with van der Waals surface area (Å²) in [5.74, 6) is -0.198. The molecule has 1 aromatic carbocycles. The first-order valence-electron chi connectivity index (χ1n) is 6.46. The molecule has 0 saturated heterocycles. The molecule has 0 aliphatic carbocycles. The van der Waals surface area contributed by atoms with Gasteiger partial charge in [-0.3, -0.25) is 4.79 Å². The number of hydrogen-bond donors (Lipinski definition) is 3. The number of ether oxygens (including phenoxy) is 1. The maximum Gasteiger partial charge on any atom is 0.224 e. The lowest BCUT2D eigenvalue weighted by Crippen LogP contribution is -2.54. The molecule has 20 heavy (non-hydrogen) atoms. The van der Waals surface area contributed by atoms with Gasteiger partial charge in [0.15, 0.2) is 0 Å². The molecule has 3 N–H and O–H groups in total. The molecule has 6 heteroatoms. The van der Waals surface area contributed by atoms with Crippen molar-refractivity contribution in [3.8, 4) is 5.75 Å². The highest BCUT2D eigenvalue weighted by atomic mass is 19.1.